The Balaban J connectivity index is 1.70. The number of aryl methyl sites for hydroxylation is 1. The Hall–Kier alpha value is -2.48. The monoisotopic (exact) mass is 401 g/mol. The van der Waals surface area contributed by atoms with E-state index in [1.54, 1.807) is 0 Å². The molecule has 1 aromatic heterocycles. The number of anilines is 1. The van der Waals surface area contributed by atoms with Gasteiger partial charge < -0.3 is 19.8 Å². The number of nitrogens with zero attached hydrogens (tertiary/aromatic N) is 2. The molecule has 3 atom stereocenters. The molecule has 2 aliphatic heterocycles. The molecule has 2 aromatic rings. The molecule has 2 saturated heterocycles. The third kappa shape index (κ3) is 2.54. The molecule has 2 aliphatic rings. The van der Waals surface area contributed by atoms with Gasteiger partial charge in [0.2, 0.25) is 0 Å². The molecule has 4 rings (SSSR count). The van der Waals surface area contributed by atoms with Crippen LogP contribution in [0.3, 0.4) is 0 Å². The number of carboxylic acids is 1. The highest BCUT2D eigenvalue weighted by atomic mass is 32.2. The SMILES string of the molecule is CCc1onc(-c2ccccc2)c1NC1(C)C(=O)N2[C@@H](C(=O)O)C(C)(C)S[C@@H]21. The molecule has 2 N–H and O–H groups in total. The summed E-state index contributed by atoms with van der Waals surface area (Å²) in [7, 11) is 0. The van der Waals surface area contributed by atoms with Gasteiger partial charge in [0.1, 0.15) is 28.3 Å². The van der Waals surface area contributed by atoms with Crippen LogP contribution in [-0.4, -0.2) is 48.7 Å². The molecule has 7 nitrogen and oxygen atoms in total. The highest BCUT2D eigenvalue weighted by molar-refractivity contribution is 8.01. The van der Waals surface area contributed by atoms with Crippen LogP contribution in [0.15, 0.2) is 34.9 Å². The molecule has 148 valence electrons. The Kier molecular flexibility index (Phi) is 4.22. The number of fused-ring (bicyclic) bond motifs is 1. The number of rotatable bonds is 5. The van der Waals surface area contributed by atoms with Gasteiger partial charge in [0.05, 0.1) is 0 Å². The van der Waals surface area contributed by atoms with E-state index >= 15 is 0 Å². The smallest absolute Gasteiger partial charge is 0.327 e. The maximum absolute atomic E-state index is 13.1. The molecule has 1 amide bonds. The number of nitrogens with one attached hydrogen (secondary N) is 1. The first-order valence-corrected chi connectivity index (χ1v) is 10.1. The second kappa shape index (κ2) is 6.27. The van der Waals surface area contributed by atoms with Gasteiger partial charge in [-0.05, 0) is 20.8 Å². The Morgan fingerprint density at radius 3 is 2.61 bits per heavy atom. The van der Waals surface area contributed by atoms with Crippen molar-refractivity contribution in [2.24, 2.45) is 0 Å². The number of carboxylic acid groups (broad SMARTS) is 1. The van der Waals surface area contributed by atoms with Crippen molar-refractivity contribution in [2.75, 3.05) is 5.32 Å². The summed E-state index contributed by atoms with van der Waals surface area (Å²) in [6.07, 6.45) is 0.622. The second-order valence-corrected chi connectivity index (χ2v) is 9.64. The quantitative estimate of drug-likeness (QED) is 0.743. The van der Waals surface area contributed by atoms with Crippen molar-refractivity contribution in [3.8, 4) is 11.3 Å². The normalized spacial score (nSPS) is 28.0. The van der Waals surface area contributed by atoms with E-state index in [0.29, 0.717) is 23.6 Å². The molecule has 0 spiro atoms. The van der Waals surface area contributed by atoms with Crippen LogP contribution in [0.1, 0.15) is 33.5 Å². The van der Waals surface area contributed by atoms with Crippen LogP contribution >= 0.6 is 11.8 Å². The molecule has 2 fully saturated rings. The number of hydrogen-bond donors (Lipinski definition) is 2. The van der Waals surface area contributed by atoms with Crippen LogP contribution in [0.25, 0.3) is 11.3 Å². The summed E-state index contributed by atoms with van der Waals surface area (Å²) in [5, 5.41) is 17.0. The lowest BCUT2D eigenvalue weighted by Crippen LogP contribution is -2.75. The number of aliphatic carboxylic acids is 1. The summed E-state index contributed by atoms with van der Waals surface area (Å²) in [5.74, 6) is -0.520. The van der Waals surface area contributed by atoms with Crippen LogP contribution in [0.5, 0.6) is 0 Å². The predicted octanol–water partition coefficient (Wildman–Crippen LogP) is 3.22. The van der Waals surface area contributed by atoms with Crippen molar-refractivity contribution in [1.29, 1.82) is 0 Å². The van der Waals surface area contributed by atoms with E-state index in [2.05, 4.69) is 10.5 Å². The standard InChI is InChI=1S/C20H23N3O4S/c1-5-12-14(13(22-27-12)11-9-7-6-8-10-11)21-20(4)17(26)23-15(16(24)25)19(2,3)28-18(20)23/h6-10,15,18,21H,5H2,1-4H3,(H,24,25)/t15-,18+,20?/m0/s1. The van der Waals surface area contributed by atoms with Crippen molar-refractivity contribution in [2.45, 2.75) is 55.8 Å². The van der Waals surface area contributed by atoms with Crippen LogP contribution in [0, 0.1) is 0 Å². The van der Waals surface area contributed by atoms with E-state index in [0.717, 1.165) is 5.56 Å². The van der Waals surface area contributed by atoms with Crippen molar-refractivity contribution in [1.82, 2.24) is 10.1 Å². The van der Waals surface area contributed by atoms with Crippen LogP contribution in [0.2, 0.25) is 0 Å². The van der Waals surface area contributed by atoms with Crippen LogP contribution in [0.4, 0.5) is 5.69 Å². The Bertz CT molecular complexity index is 942. The highest BCUT2D eigenvalue weighted by Gasteiger charge is 2.69. The van der Waals surface area contributed by atoms with Gasteiger partial charge in [0.25, 0.3) is 5.91 Å². The van der Waals surface area contributed by atoms with Gasteiger partial charge in [-0.2, -0.15) is 0 Å². The van der Waals surface area contributed by atoms with Gasteiger partial charge in [0.15, 0.2) is 5.76 Å². The van der Waals surface area contributed by atoms with E-state index in [9.17, 15) is 14.7 Å². The lowest BCUT2D eigenvalue weighted by molar-refractivity contribution is -0.163. The van der Waals surface area contributed by atoms with E-state index in [-0.39, 0.29) is 11.3 Å². The number of amides is 1. The zero-order valence-corrected chi connectivity index (χ0v) is 17.0. The maximum Gasteiger partial charge on any atom is 0.327 e. The van der Waals surface area contributed by atoms with Gasteiger partial charge in [0, 0.05) is 16.7 Å². The van der Waals surface area contributed by atoms with Crippen molar-refractivity contribution in [3.05, 3.63) is 36.1 Å². The van der Waals surface area contributed by atoms with Gasteiger partial charge in [-0.1, -0.05) is 42.4 Å². The minimum atomic E-state index is -0.973. The Labute approximate surface area is 167 Å². The summed E-state index contributed by atoms with van der Waals surface area (Å²) < 4.78 is 4.95. The van der Waals surface area contributed by atoms with Gasteiger partial charge in [-0.15, -0.1) is 11.8 Å². The van der Waals surface area contributed by atoms with E-state index in [4.69, 9.17) is 4.52 Å². The number of β-lactam (4-membered cyclic amide) rings is 1. The molecule has 0 saturated carbocycles. The van der Waals surface area contributed by atoms with Gasteiger partial charge in [-0.3, -0.25) is 4.79 Å². The molecule has 0 aliphatic carbocycles. The number of carbonyl (C=O) groups excluding carboxylic acids is 1. The van der Waals surface area contributed by atoms with Gasteiger partial charge in [-0.25, -0.2) is 4.79 Å². The molecule has 0 radical (unpaired) electrons. The predicted molar refractivity (Wildman–Crippen MR) is 107 cm³/mol. The first-order valence-electron chi connectivity index (χ1n) is 9.26. The molecular weight excluding hydrogens is 378 g/mol. The minimum Gasteiger partial charge on any atom is -0.480 e. The number of hydrogen-bond acceptors (Lipinski definition) is 6. The van der Waals surface area contributed by atoms with Crippen molar-refractivity contribution in [3.63, 3.8) is 0 Å². The average molecular weight is 401 g/mol. The summed E-state index contributed by atoms with van der Waals surface area (Å²) in [6, 6.07) is 8.80. The lowest BCUT2D eigenvalue weighted by atomic mass is 9.85. The third-order valence-corrected chi connectivity index (χ3v) is 7.28. The maximum atomic E-state index is 13.1. The minimum absolute atomic E-state index is 0.217. The van der Waals surface area contributed by atoms with Crippen LogP contribution in [-0.2, 0) is 16.0 Å². The zero-order valence-electron chi connectivity index (χ0n) is 16.2. The van der Waals surface area contributed by atoms with Crippen molar-refractivity contribution >= 4 is 29.3 Å². The highest BCUT2D eigenvalue weighted by Crippen LogP contribution is 2.56. The summed E-state index contributed by atoms with van der Waals surface area (Å²) in [4.78, 5) is 26.3. The lowest BCUT2D eigenvalue weighted by Gasteiger charge is -2.51. The number of carbonyl (C=O) groups is 2. The Morgan fingerprint density at radius 2 is 2.00 bits per heavy atom. The van der Waals surface area contributed by atoms with E-state index in [1.807, 2.05) is 58.0 Å². The summed E-state index contributed by atoms with van der Waals surface area (Å²) in [5.41, 5.74) is 1.32. The molecule has 1 aromatic carbocycles. The molecule has 28 heavy (non-hydrogen) atoms. The first-order chi connectivity index (χ1) is 13.2. The molecule has 1 unspecified atom stereocenters. The first kappa shape index (κ1) is 18.9. The number of benzene rings is 1. The fraction of sp³-hybridized carbons (Fsp3) is 0.450. The molecule has 3 heterocycles. The van der Waals surface area contributed by atoms with Gasteiger partial charge >= 0.3 is 5.97 Å². The average Bonchev–Trinajstić information content (AvgIpc) is 3.18. The largest absolute Gasteiger partial charge is 0.480 e. The number of aromatic nitrogens is 1. The fourth-order valence-electron chi connectivity index (χ4n) is 4.09. The third-order valence-electron chi connectivity index (χ3n) is 5.53. The zero-order chi connectivity index (χ0) is 20.3. The topological polar surface area (TPSA) is 95.7 Å². The van der Waals surface area contributed by atoms with E-state index < -0.39 is 22.3 Å². The second-order valence-electron chi connectivity index (χ2n) is 7.90. The Morgan fingerprint density at radius 1 is 1.32 bits per heavy atom. The summed E-state index contributed by atoms with van der Waals surface area (Å²) in [6.45, 7) is 7.53. The van der Waals surface area contributed by atoms with E-state index in [1.165, 1.54) is 16.7 Å². The van der Waals surface area contributed by atoms with Crippen molar-refractivity contribution < 1.29 is 19.2 Å². The molecule has 8 heteroatoms. The fourth-order valence-corrected chi connectivity index (χ4v) is 5.73. The summed E-state index contributed by atoms with van der Waals surface area (Å²) >= 11 is 1.51. The molecular formula is C20H23N3O4S. The van der Waals surface area contributed by atoms with Crippen LogP contribution < -0.4 is 5.32 Å². The number of thioether (sulfide) groups is 1. The molecule has 0 bridgehead atoms.